The summed E-state index contributed by atoms with van der Waals surface area (Å²) < 4.78 is 5.37. The second-order valence-electron chi connectivity index (χ2n) is 5.08. The summed E-state index contributed by atoms with van der Waals surface area (Å²) in [7, 11) is 1.71. The number of H-pyrrole nitrogens is 1. The summed E-state index contributed by atoms with van der Waals surface area (Å²) in [6, 6.07) is 14.4. The van der Waals surface area contributed by atoms with E-state index in [2.05, 4.69) is 34.2 Å². The molecule has 0 aliphatic heterocycles. The minimum Gasteiger partial charge on any atom is -0.388 e. The minimum absolute atomic E-state index is 0.0711. The van der Waals surface area contributed by atoms with Gasteiger partial charge in [-0.25, -0.2) is 4.98 Å². The number of fused-ring (bicyclic) bond motifs is 1. The molecule has 108 valence electrons. The maximum absolute atomic E-state index is 9.14. The first-order chi connectivity index (χ1) is 10.2. The molecule has 3 rings (SSSR count). The summed E-state index contributed by atoms with van der Waals surface area (Å²) >= 11 is 0. The monoisotopic (exact) mass is 282 g/mol. The van der Waals surface area contributed by atoms with E-state index in [1.54, 1.807) is 7.11 Å². The number of ether oxygens (including phenoxy) is 1. The fourth-order valence-electron chi connectivity index (χ4n) is 2.42. The van der Waals surface area contributed by atoms with Gasteiger partial charge < -0.3 is 14.8 Å². The average molecular weight is 282 g/mol. The van der Waals surface area contributed by atoms with Crippen molar-refractivity contribution in [2.75, 3.05) is 7.11 Å². The zero-order valence-electron chi connectivity index (χ0n) is 12.1. The molecule has 0 spiro atoms. The highest BCUT2D eigenvalue weighted by Gasteiger charge is 2.07. The Morgan fingerprint density at radius 1 is 1.19 bits per heavy atom. The van der Waals surface area contributed by atoms with Crippen LogP contribution in [-0.4, -0.2) is 22.2 Å². The van der Waals surface area contributed by atoms with Gasteiger partial charge in [0.05, 0.1) is 17.1 Å². The van der Waals surface area contributed by atoms with Crippen molar-refractivity contribution in [3.05, 3.63) is 53.9 Å². The van der Waals surface area contributed by atoms with Crippen molar-refractivity contribution in [2.24, 2.45) is 0 Å². The Morgan fingerprint density at radius 2 is 2.00 bits per heavy atom. The summed E-state index contributed by atoms with van der Waals surface area (Å²) in [5.41, 5.74) is 5.20. The Kier molecular flexibility index (Phi) is 3.73. The predicted molar refractivity (Wildman–Crippen MR) is 82.9 cm³/mol. The maximum atomic E-state index is 9.14. The third kappa shape index (κ3) is 2.68. The van der Waals surface area contributed by atoms with Gasteiger partial charge in [0.2, 0.25) is 0 Å². The molecule has 0 bridgehead atoms. The zero-order valence-corrected chi connectivity index (χ0v) is 12.1. The second-order valence-corrected chi connectivity index (χ2v) is 5.08. The number of hydrogen-bond donors (Lipinski definition) is 2. The molecule has 4 heteroatoms. The molecule has 4 nitrogen and oxygen atoms in total. The Hall–Kier alpha value is -2.17. The van der Waals surface area contributed by atoms with Gasteiger partial charge in [0.25, 0.3) is 0 Å². The van der Waals surface area contributed by atoms with Crippen LogP contribution in [0.4, 0.5) is 0 Å². The number of nitrogens with one attached hydrogen (secondary N) is 1. The van der Waals surface area contributed by atoms with Crippen LogP contribution in [0.1, 0.15) is 24.4 Å². The first-order valence-corrected chi connectivity index (χ1v) is 6.94. The summed E-state index contributed by atoms with van der Waals surface area (Å²) in [5, 5.41) is 9.14. The van der Waals surface area contributed by atoms with Crippen LogP contribution >= 0.6 is 0 Å². The smallest absolute Gasteiger partial charge is 0.133 e. The van der Waals surface area contributed by atoms with E-state index in [-0.39, 0.29) is 12.7 Å². The molecule has 0 saturated carbocycles. The van der Waals surface area contributed by atoms with Crippen molar-refractivity contribution in [1.29, 1.82) is 0 Å². The van der Waals surface area contributed by atoms with Gasteiger partial charge in [-0.1, -0.05) is 24.3 Å². The highest BCUT2D eigenvalue weighted by atomic mass is 16.5. The highest BCUT2D eigenvalue weighted by molar-refractivity contribution is 5.82. The van der Waals surface area contributed by atoms with Crippen LogP contribution in [0.3, 0.4) is 0 Å². The lowest BCUT2D eigenvalue weighted by atomic mass is 10.0. The van der Waals surface area contributed by atoms with E-state index >= 15 is 0 Å². The van der Waals surface area contributed by atoms with Crippen molar-refractivity contribution in [1.82, 2.24) is 9.97 Å². The Balaban J connectivity index is 2.03. The van der Waals surface area contributed by atoms with Crippen LogP contribution < -0.4 is 0 Å². The highest BCUT2D eigenvalue weighted by Crippen LogP contribution is 2.26. The second kappa shape index (κ2) is 5.68. The molecule has 3 aromatic rings. The van der Waals surface area contributed by atoms with Gasteiger partial charge in [0.15, 0.2) is 0 Å². The molecule has 0 unspecified atom stereocenters. The summed E-state index contributed by atoms with van der Waals surface area (Å²) in [5.74, 6) is 0.587. The molecule has 0 saturated heterocycles. The molecule has 21 heavy (non-hydrogen) atoms. The normalized spacial score (nSPS) is 12.7. The molecule has 0 fully saturated rings. The number of aromatic amines is 1. The number of rotatable bonds is 4. The fraction of sp³-hybridized carbons (Fsp3) is 0.235. The third-order valence-electron chi connectivity index (χ3n) is 3.72. The molecule has 0 aliphatic rings. The molecule has 1 heterocycles. The standard InChI is InChI=1S/C17H18N2O2/c1-11(21-2)12-4-3-5-13(8-12)14-6-7-15-16(9-14)19-17(10-20)18-15/h3-9,11,20H,10H2,1-2H3,(H,18,19)/t11-/m0/s1. The van der Waals surface area contributed by atoms with Gasteiger partial charge in [0.1, 0.15) is 12.4 Å². The Morgan fingerprint density at radius 3 is 2.76 bits per heavy atom. The lowest BCUT2D eigenvalue weighted by Crippen LogP contribution is -1.95. The van der Waals surface area contributed by atoms with E-state index in [4.69, 9.17) is 9.84 Å². The first kappa shape index (κ1) is 13.8. The third-order valence-corrected chi connectivity index (χ3v) is 3.72. The summed E-state index contributed by atoms with van der Waals surface area (Å²) in [4.78, 5) is 7.42. The summed E-state index contributed by atoms with van der Waals surface area (Å²) in [6.07, 6.45) is 0.0711. The van der Waals surface area contributed by atoms with Crippen LogP contribution in [0, 0.1) is 0 Å². The van der Waals surface area contributed by atoms with Crippen LogP contribution in [0.25, 0.3) is 22.2 Å². The van der Waals surface area contributed by atoms with E-state index in [0.29, 0.717) is 5.82 Å². The molecule has 2 N–H and O–H groups in total. The Bertz CT molecular complexity index is 764. The predicted octanol–water partition coefficient (Wildman–Crippen LogP) is 3.43. The zero-order chi connectivity index (χ0) is 14.8. The van der Waals surface area contributed by atoms with Crippen LogP contribution in [0.15, 0.2) is 42.5 Å². The van der Waals surface area contributed by atoms with Gasteiger partial charge in [-0.15, -0.1) is 0 Å². The molecule has 0 radical (unpaired) electrons. The van der Waals surface area contributed by atoms with Crippen molar-refractivity contribution in [3.63, 3.8) is 0 Å². The van der Waals surface area contributed by atoms with E-state index in [9.17, 15) is 0 Å². The molecular weight excluding hydrogens is 264 g/mol. The lowest BCUT2D eigenvalue weighted by Gasteiger charge is -2.11. The number of imidazole rings is 1. The van der Waals surface area contributed by atoms with E-state index in [1.807, 2.05) is 25.1 Å². The number of aliphatic hydroxyl groups excluding tert-OH is 1. The SMILES string of the molecule is CO[C@@H](C)c1cccc(-c2ccc3nc(CO)[nH]c3c2)c1. The van der Waals surface area contributed by atoms with Gasteiger partial charge in [-0.2, -0.15) is 0 Å². The van der Waals surface area contributed by atoms with Crippen molar-refractivity contribution in [3.8, 4) is 11.1 Å². The fourth-order valence-corrected chi connectivity index (χ4v) is 2.42. The van der Waals surface area contributed by atoms with Crippen molar-refractivity contribution in [2.45, 2.75) is 19.6 Å². The van der Waals surface area contributed by atoms with Crippen molar-refractivity contribution < 1.29 is 9.84 Å². The molecule has 2 aromatic carbocycles. The number of benzene rings is 2. The lowest BCUT2D eigenvalue weighted by molar-refractivity contribution is 0.119. The largest absolute Gasteiger partial charge is 0.388 e. The molecule has 0 aliphatic carbocycles. The van der Waals surface area contributed by atoms with Gasteiger partial charge in [-0.3, -0.25) is 0 Å². The molecule has 1 aromatic heterocycles. The van der Waals surface area contributed by atoms with E-state index < -0.39 is 0 Å². The van der Waals surface area contributed by atoms with E-state index in [0.717, 1.165) is 27.7 Å². The molecule has 1 atom stereocenters. The van der Waals surface area contributed by atoms with E-state index in [1.165, 1.54) is 0 Å². The topological polar surface area (TPSA) is 58.1 Å². The quantitative estimate of drug-likeness (QED) is 0.770. The van der Waals surface area contributed by atoms with Crippen LogP contribution in [0.5, 0.6) is 0 Å². The average Bonchev–Trinajstić information content (AvgIpc) is 2.96. The Labute approximate surface area is 123 Å². The van der Waals surface area contributed by atoms with Gasteiger partial charge in [0, 0.05) is 7.11 Å². The molecular formula is C17H18N2O2. The number of methoxy groups -OCH3 is 1. The number of nitrogens with zero attached hydrogens (tertiary/aromatic N) is 1. The number of aromatic nitrogens is 2. The van der Waals surface area contributed by atoms with Crippen molar-refractivity contribution >= 4 is 11.0 Å². The number of aliphatic hydroxyl groups is 1. The maximum Gasteiger partial charge on any atom is 0.133 e. The minimum atomic E-state index is -0.0785. The number of hydrogen-bond acceptors (Lipinski definition) is 3. The van der Waals surface area contributed by atoms with Gasteiger partial charge in [-0.05, 0) is 41.8 Å². The van der Waals surface area contributed by atoms with Crippen LogP contribution in [-0.2, 0) is 11.3 Å². The van der Waals surface area contributed by atoms with Crippen LogP contribution in [0.2, 0.25) is 0 Å². The first-order valence-electron chi connectivity index (χ1n) is 6.94. The van der Waals surface area contributed by atoms with Gasteiger partial charge >= 0.3 is 0 Å². The molecule has 0 amide bonds. The summed E-state index contributed by atoms with van der Waals surface area (Å²) in [6.45, 7) is 1.95.